The number of likely N-dealkylation sites (tertiary alicyclic amines) is 1. The average Bonchev–Trinajstić information content (AvgIpc) is 2.74. The van der Waals surface area contributed by atoms with Gasteiger partial charge in [0.05, 0.1) is 0 Å². The molecule has 1 aliphatic heterocycles. The molecule has 0 amide bonds. The smallest absolute Gasteiger partial charge is 0.320 e. The topological polar surface area (TPSA) is 58.4 Å². The molecule has 1 aromatic heterocycles. The number of carboxylic acids is 1. The van der Waals surface area contributed by atoms with Crippen molar-refractivity contribution in [3.63, 3.8) is 0 Å². The fourth-order valence-electron chi connectivity index (χ4n) is 2.54. The molecule has 0 bridgehead atoms. The second kappa shape index (κ2) is 4.87. The molecule has 5 heteroatoms. The van der Waals surface area contributed by atoms with E-state index in [1.165, 1.54) is 5.69 Å². The molecular formula is C12H19N3O2. The fourth-order valence-corrected chi connectivity index (χ4v) is 2.54. The molecule has 1 N–H and O–H groups in total. The Kier molecular flexibility index (Phi) is 3.47. The maximum atomic E-state index is 11.0. The molecule has 5 nitrogen and oxygen atoms in total. The molecule has 0 saturated carbocycles. The third-order valence-corrected chi connectivity index (χ3v) is 3.64. The Labute approximate surface area is 101 Å². The summed E-state index contributed by atoms with van der Waals surface area (Å²) in [4.78, 5) is 13.0. The zero-order valence-electron chi connectivity index (χ0n) is 10.3. The van der Waals surface area contributed by atoms with E-state index in [0.29, 0.717) is 5.92 Å². The van der Waals surface area contributed by atoms with Gasteiger partial charge in [0.2, 0.25) is 0 Å². The quantitative estimate of drug-likeness (QED) is 0.854. The van der Waals surface area contributed by atoms with E-state index >= 15 is 0 Å². The van der Waals surface area contributed by atoms with Gasteiger partial charge in [0.15, 0.2) is 0 Å². The third kappa shape index (κ3) is 2.49. The second-order valence-corrected chi connectivity index (χ2v) is 4.73. The Bertz CT molecular complexity index is 402. The number of nitrogens with zero attached hydrogens (tertiary/aromatic N) is 3. The van der Waals surface area contributed by atoms with Gasteiger partial charge < -0.3 is 5.11 Å². The first kappa shape index (κ1) is 12.1. The Morgan fingerprint density at radius 1 is 1.65 bits per heavy atom. The zero-order valence-corrected chi connectivity index (χ0v) is 10.3. The van der Waals surface area contributed by atoms with E-state index in [-0.39, 0.29) is 0 Å². The van der Waals surface area contributed by atoms with Gasteiger partial charge in [0, 0.05) is 31.4 Å². The van der Waals surface area contributed by atoms with Gasteiger partial charge in [-0.15, -0.1) is 0 Å². The molecule has 2 rings (SSSR count). The van der Waals surface area contributed by atoms with Crippen LogP contribution in [0.2, 0.25) is 0 Å². The first-order valence-electron chi connectivity index (χ1n) is 6.04. The van der Waals surface area contributed by atoms with Crippen LogP contribution >= 0.6 is 0 Å². The van der Waals surface area contributed by atoms with Crippen molar-refractivity contribution in [1.29, 1.82) is 0 Å². The highest BCUT2D eigenvalue weighted by atomic mass is 16.4. The molecule has 2 unspecified atom stereocenters. The number of carbonyl (C=O) groups is 1. The summed E-state index contributed by atoms with van der Waals surface area (Å²) >= 11 is 0. The second-order valence-electron chi connectivity index (χ2n) is 4.73. The predicted molar refractivity (Wildman–Crippen MR) is 63.9 cm³/mol. The predicted octanol–water partition coefficient (Wildman–Crippen LogP) is 1.07. The van der Waals surface area contributed by atoms with Gasteiger partial charge in [-0.25, -0.2) is 0 Å². The Morgan fingerprint density at radius 3 is 3.00 bits per heavy atom. The van der Waals surface area contributed by atoms with Gasteiger partial charge in [-0.2, -0.15) is 5.10 Å². The fraction of sp³-hybridized carbons (Fsp3) is 0.667. The maximum absolute atomic E-state index is 11.0. The molecule has 2 atom stereocenters. The van der Waals surface area contributed by atoms with E-state index in [1.807, 2.05) is 22.7 Å². The first-order chi connectivity index (χ1) is 8.09. The van der Waals surface area contributed by atoms with E-state index in [4.69, 9.17) is 5.11 Å². The van der Waals surface area contributed by atoms with E-state index in [1.54, 1.807) is 13.1 Å². The van der Waals surface area contributed by atoms with Crippen molar-refractivity contribution in [1.82, 2.24) is 14.7 Å². The minimum absolute atomic E-state index is 0.397. The molecule has 1 saturated heterocycles. The third-order valence-electron chi connectivity index (χ3n) is 3.64. The molecule has 0 aromatic carbocycles. The molecular weight excluding hydrogens is 218 g/mol. The maximum Gasteiger partial charge on any atom is 0.320 e. The Hall–Kier alpha value is -1.36. The summed E-state index contributed by atoms with van der Waals surface area (Å²) in [6.45, 7) is 3.45. The summed E-state index contributed by atoms with van der Waals surface area (Å²) in [6, 6.07) is 1.63. The molecule has 17 heavy (non-hydrogen) atoms. The van der Waals surface area contributed by atoms with Crippen LogP contribution in [-0.2, 0) is 11.8 Å². The number of hydrogen-bond acceptors (Lipinski definition) is 3. The van der Waals surface area contributed by atoms with Crippen LogP contribution in [0, 0.1) is 0 Å². The minimum Gasteiger partial charge on any atom is -0.480 e. The summed E-state index contributed by atoms with van der Waals surface area (Å²) < 4.78 is 1.89. The van der Waals surface area contributed by atoms with E-state index < -0.39 is 12.0 Å². The lowest BCUT2D eigenvalue weighted by Crippen LogP contribution is -2.44. The highest BCUT2D eigenvalue weighted by molar-refractivity contribution is 5.72. The number of carboxylic acid groups (broad SMARTS) is 1. The van der Waals surface area contributed by atoms with Gasteiger partial charge in [0.25, 0.3) is 0 Å². The van der Waals surface area contributed by atoms with Gasteiger partial charge in [-0.1, -0.05) is 0 Å². The Morgan fingerprint density at radius 2 is 2.41 bits per heavy atom. The van der Waals surface area contributed by atoms with E-state index in [9.17, 15) is 4.79 Å². The lowest BCUT2D eigenvalue weighted by Gasteiger charge is -2.35. The average molecular weight is 237 g/mol. The Balaban J connectivity index is 2.07. The van der Waals surface area contributed by atoms with Crippen LogP contribution in [0.25, 0.3) is 0 Å². The molecule has 1 fully saturated rings. The van der Waals surface area contributed by atoms with Gasteiger partial charge in [-0.3, -0.25) is 14.4 Å². The van der Waals surface area contributed by atoms with Crippen LogP contribution < -0.4 is 0 Å². The summed E-state index contributed by atoms with van der Waals surface area (Å²) in [6.07, 6.45) is 3.96. The number of hydrogen-bond donors (Lipinski definition) is 1. The number of piperidine rings is 1. The van der Waals surface area contributed by atoms with Gasteiger partial charge in [-0.05, 0) is 32.4 Å². The number of rotatable bonds is 3. The number of aryl methyl sites for hydroxylation is 1. The molecule has 0 spiro atoms. The lowest BCUT2D eigenvalue weighted by atomic mass is 9.94. The van der Waals surface area contributed by atoms with Gasteiger partial charge in [0.1, 0.15) is 6.04 Å². The summed E-state index contributed by atoms with van der Waals surface area (Å²) in [5.74, 6) is -0.339. The van der Waals surface area contributed by atoms with E-state index in [0.717, 1.165) is 25.9 Å². The van der Waals surface area contributed by atoms with Crippen molar-refractivity contribution >= 4 is 5.97 Å². The summed E-state index contributed by atoms with van der Waals surface area (Å²) in [5, 5.41) is 13.2. The van der Waals surface area contributed by atoms with Crippen molar-refractivity contribution < 1.29 is 9.90 Å². The van der Waals surface area contributed by atoms with Crippen LogP contribution in [0.5, 0.6) is 0 Å². The van der Waals surface area contributed by atoms with Crippen molar-refractivity contribution in [3.05, 3.63) is 18.0 Å². The van der Waals surface area contributed by atoms with Crippen LogP contribution in [-0.4, -0.2) is 44.9 Å². The molecule has 1 aliphatic rings. The van der Waals surface area contributed by atoms with Crippen LogP contribution in [0.1, 0.15) is 31.4 Å². The van der Waals surface area contributed by atoms with Crippen LogP contribution in [0.3, 0.4) is 0 Å². The number of aliphatic carboxylic acids is 1. The SMILES string of the molecule is CC(C(=O)O)N1CCCC(c2ccnn2C)C1. The highest BCUT2D eigenvalue weighted by Crippen LogP contribution is 2.27. The minimum atomic E-state index is -0.740. The van der Waals surface area contributed by atoms with Crippen LogP contribution in [0.15, 0.2) is 12.3 Å². The molecule has 2 heterocycles. The monoisotopic (exact) mass is 237 g/mol. The zero-order chi connectivity index (χ0) is 12.4. The number of aromatic nitrogens is 2. The van der Waals surface area contributed by atoms with Gasteiger partial charge >= 0.3 is 5.97 Å². The summed E-state index contributed by atoms with van der Waals surface area (Å²) in [7, 11) is 1.94. The molecule has 0 radical (unpaired) electrons. The molecule has 94 valence electrons. The molecule has 0 aliphatic carbocycles. The van der Waals surface area contributed by atoms with Crippen LogP contribution in [0.4, 0.5) is 0 Å². The molecule has 1 aromatic rings. The normalized spacial score (nSPS) is 23.5. The van der Waals surface area contributed by atoms with Crippen molar-refractivity contribution in [2.75, 3.05) is 13.1 Å². The van der Waals surface area contributed by atoms with Crippen molar-refractivity contribution in [2.45, 2.75) is 31.7 Å². The highest BCUT2D eigenvalue weighted by Gasteiger charge is 2.28. The van der Waals surface area contributed by atoms with Crippen molar-refractivity contribution in [2.24, 2.45) is 7.05 Å². The largest absolute Gasteiger partial charge is 0.480 e. The van der Waals surface area contributed by atoms with E-state index in [2.05, 4.69) is 5.10 Å². The lowest BCUT2D eigenvalue weighted by molar-refractivity contribution is -0.143. The standard InChI is InChI=1S/C12H19N3O2/c1-9(12(16)17)15-7-3-4-10(8-15)11-5-6-13-14(11)2/h5-6,9-10H,3-4,7-8H2,1-2H3,(H,16,17). The summed E-state index contributed by atoms with van der Waals surface area (Å²) in [5.41, 5.74) is 1.20. The van der Waals surface area contributed by atoms with Crippen molar-refractivity contribution in [3.8, 4) is 0 Å². The first-order valence-corrected chi connectivity index (χ1v) is 6.04.